The van der Waals surface area contributed by atoms with Crippen LogP contribution in [0.4, 0.5) is 14.5 Å². The first kappa shape index (κ1) is 19.4. The molecule has 9 heteroatoms. The summed E-state index contributed by atoms with van der Waals surface area (Å²) in [6, 6.07) is 19.1. The fourth-order valence-corrected chi connectivity index (χ4v) is 3.16. The summed E-state index contributed by atoms with van der Waals surface area (Å²) < 4.78 is 28.1. The zero-order valence-electron chi connectivity index (χ0n) is 16.4. The normalized spacial score (nSPS) is 10.9. The quantitative estimate of drug-likeness (QED) is 0.459. The van der Waals surface area contributed by atoms with Crippen molar-refractivity contribution in [3.8, 4) is 22.8 Å². The van der Waals surface area contributed by atoms with E-state index in [4.69, 9.17) is 0 Å². The van der Waals surface area contributed by atoms with Gasteiger partial charge in [-0.1, -0.05) is 18.2 Å². The number of halogens is 2. The summed E-state index contributed by atoms with van der Waals surface area (Å²) in [5.74, 6) is -2.10. The van der Waals surface area contributed by atoms with Crippen LogP contribution in [0.15, 0.2) is 79.0 Å². The van der Waals surface area contributed by atoms with Gasteiger partial charge in [0.25, 0.3) is 5.91 Å². The molecule has 0 spiro atoms. The Morgan fingerprint density at radius 1 is 0.844 bits per heavy atom. The fourth-order valence-electron chi connectivity index (χ4n) is 3.16. The Labute approximate surface area is 180 Å². The molecule has 7 nitrogen and oxygen atoms in total. The molecule has 0 atom stereocenters. The van der Waals surface area contributed by atoms with Crippen LogP contribution in [-0.2, 0) is 0 Å². The average molecular weight is 428 g/mol. The Balaban J connectivity index is 1.40. The number of fused-ring (bicyclic) bond motifs is 1. The molecule has 2 aromatic carbocycles. The zero-order valence-corrected chi connectivity index (χ0v) is 16.4. The van der Waals surface area contributed by atoms with Crippen LogP contribution in [0, 0.1) is 11.6 Å². The maximum absolute atomic E-state index is 13.4. The highest BCUT2D eigenvalue weighted by molar-refractivity contribution is 6.04. The topological polar surface area (TPSA) is 85.1 Å². The Bertz CT molecular complexity index is 1430. The Morgan fingerprint density at radius 2 is 1.69 bits per heavy atom. The lowest BCUT2D eigenvalue weighted by molar-refractivity contribution is 0.102. The maximum Gasteiger partial charge on any atom is 0.255 e. The molecule has 5 aromatic rings. The molecule has 5 rings (SSSR count). The maximum atomic E-state index is 13.4. The molecule has 0 fully saturated rings. The molecule has 0 aliphatic rings. The molecule has 3 heterocycles. The van der Waals surface area contributed by atoms with Gasteiger partial charge in [0.1, 0.15) is 5.69 Å². The highest BCUT2D eigenvalue weighted by Crippen LogP contribution is 2.22. The first-order valence-electron chi connectivity index (χ1n) is 9.59. The van der Waals surface area contributed by atoms with E-state index in [1.165, 1.54) is 6.07 Å². The summed E-state index contributed by atoms with van der Waals surface area (Å²) in [5, 5.41) is 15.6. The lowest BCUT2D eigenvalue weighted by Gasteiger charge is -2.07. The van der Waals surface area contributed by atoms with E-state index in [-0.39, 0.29) is 5.56 Å². The van der Waals surface area contributed by atoms with Crippen LogP contribution >= 0.6 is 0 Å². The number of anilines is 1. The molecule has 0 bridgehead atoms. The highest BCUT2D eigenvalue weighted by Gasteiger charge is 2.13. The minimum absolute atomic E-state index is 0.0229. The number of amides is 1. The molecule has 0 aliphatic carbocycles. The molecular formula is C23H14F2N6O. The first-order chi connectivity index (χ1) is 15.6. The van der Waals surface area contributed by atoms with Gasteiger partial charge in [0.2, 0.25) is 5.82 Å². The summed E-state index contributed by atoms with van der Waals surface area (Å²) in [4.78, 5) is 16.6. The fraction of sp³-hybridized carbons (Fsp3) is 0. The summed E-state index contributed by atoms with van der Waals surface area (Å²) in [5.41, 5.74) is 3.24. The van der Waals surface area contributed by atoms with E-state index < -0.39 is 17.5 Å². The number of rotatable bonds is 4. The number of pyridine rings is 1. The van der Waals surface area contributed by atoms with Crippen LogP contribution in [0.3, 0.4) is 0 Å². The number of hydrogen-bond acceptors (Lipinski definition) is 5. The van der Waals surface area contributed by atoms with Crippen LogP contribution in [0.25, 0.3) is 28.4 Å². The van der Waals surface area contributed by atoms with Crippen molar-refractivity contribution in [1.29, 1.82) is 0 Å². The van der Waals surface area contributed by atoms with Crippen LogP contribution in [0.2, 0.25) is 0 Å². The summed E-state index contributed by atoms with van der Waals surface area (Å²) in [6.07, 6.45) is 1.67. The van der Waals surface area contributed by atoms with E-state index >= 15 is 0 Å². The van der Waals surface area contributed by atoms with Gasteiger partial charge in [0, 0.05) is 23.0 Å². The van der Waals surface area contributed by atoms with E-state index in [0.29, 0.717) is 28.5 Å². The van der Waals surface area contributed by atoms with E-state index in [0.717, 1.165) is 17.7 Å². The predicted molar refractivity (Wildman–Crippen MR) is 114 cm³/mol. The van der Waals surface area contributed by atoms with E-state index in [1.807, 2.05) is 24.3 Å². The van der Waals surface area contributed by atoms with E-state index in [1.54, 1.807) is 41.0 Å². The van der Waals surface area contributed by atoms with Gasteiger partial charge in [-0.3, -0.25) is 9.78 Å². The monoisotopic (exact) mass is 428 g/mol. The minimum Gasteiger partial charge on any atom is -0.322 e. The lowest BCUT2D eigenvalue weighted by atomic mass is 10.1. The van der Waals surface area contributed by atoms with Gasteiger partial charge in [0.05, 0.1) is 5.69 Å². The lowest BCUT2D eigenvalue weighted by Crippen LogP contribution is -2.12. The molecule has 0 saturated carbocycles. The summed E-state index contributed by atoms with van der Waals surface area (Å²) in [7, 11) is 0. The Hall–Kier alpha value is -4.53. The Morgan fingerprint density at radius 3 is 2.44 bits per heavy atom. The standard InChI is InChI=1S/C23H14F2N6O/c24-17-9-6-15(13-18(17)25)23(32)27-16-7-4-14(5-8-16)19-10-11-21-28-29-22(31(21)30-19)20-3-1-2-12-26-20/h1-13H,(H,27,32). The van der Waals surface area contributed by atoms with E-state index in [2.05, 4.69) is 25.6 Å². The molecule has 0 aliphatic heterocycles. The molecule has 1 N–H and O–H groups in total. The van der Waals surface area contributed by atoms with Crippen molar-refractivity contribution < 1.29 is 13.6 Å². The number of benzene rings is 2. The molecule has 32 heavy (non-hydrogen) atoms. The van der Waals surface area contributed by atoms with Crippen molar-refractivity contribution in [2.45, 2.75) is 0 Å². The second-order valence-electron chi connectivity index (χ2n) is 6.89. The number of nitrogens with one attached hydrogen (secondary N) is 1. The second kappa shape index (κ2) is 7.95. The summed E-state index contributed by atoms with van der Waals surface area (Å²) in [6.45, 7) is 0. The van der Waals surface area contributed by atoms with Gasteiger partial charge in [0.15, 0.2) is 17.3 Å². The molecule has 0 radical (unpaired) electrons. The van der Waals surface area contributed by atoms with Gasteiger partial charge >= 0.3 is 0 Å². The third-order valence-corrected chi connectivity index (χ3v) is 4.78. The molecule has 0 unspecified atom stereocenters. The van der Waals surface area contributed by atoms with Crippen molar-refractivity contribution in [1.82, 2.24) is 24.8 Å². The zero-order chi connectivity index (χ0) is 22.1. The smallest absolute Gasteiger partial charge is 0.255 e. The van der Waals surface area contributed by atoms with Crippen LogP contribution in [0.5, 0.6) is 0 Å². The van der Waals surface area contributed by atoms with Crippen molar-refractivity contribution in [3.63, 3.8) is 0 Å². The largest absolute Gasteiger partial charge is 0.322 e. The van der Waals surface area contributed by atoms with Gasteiger partial charge in [-0.2, -0.15) is 9.61 Å². The Kier molecular flexibility index (Phi) is 4.83. The minimum atomic E-state index is -1.08. The predicted octanol–water partition coefficient (Wildman–Crippen LogP) is 4.38. The van der Waals surface area contributed by atoms with Crippen molar-refractivity contribution in [2.75, 3.05) is 5.32 Å². The molecule has 156 valence electrons. The molecule has 1 amide bonds. The second-order valence-corrected chi connectivity index (χ2v) is 6.89. The van der Waals surface area contributed by atoms with Crippen LogP contribution in [0.1, 0.15) is 10.4 Å². The van der Waals surface area contributed by atoms with Gasteiger partial charge in [-0.25, -0.2) is 8.78 Å². The van der Waals surface area contributed by atoms with Crippen LogP contribution < -0.4 is 5.32 Å². The first-order valence-corrected chi connectivity index (χ1v) is 9.59. The number of hydrogen-bond donors (Lipinski definition) is 1. The van der Waals surface area contributed by atoms with Crippen molar-refractivity contribution in [3.05, 3.63) is 96.2 Å². The number of carbonyl (C=O) groups is 1. The SMILES string of the molecule is O=C(Nc1ccc(-c2ccc3nnc(-c4ccccn4)n3n2)cc1)c1ccc(F)c(F)c1. The summed E-state index contributed by atoms with van der Waals surface area (Å²) >= 11 is 0. The third kappa shape index (κ3) is 3.67. The average Bonchev–Trinajstić information content (AvgIpc) is 3.25. The number of nitrogens with zero attached hydrogens (tertiary/aromatic N) is 5. The molecule has 3 aromatic heterocycles. The van der Waals surface area contributed by atoms with E-state index in [9.17, 15) is 13.6 Å². The van der Waals surface area contributed by atoms with Crippen LogP contribution in [-0.4, -0.2) is 30.7 Å². The van der Waals surface area contributed by atoms with Gasteiger partial charge < -0.3 is 5.32 Å². The number of carbonyl (C=O) groups excluding carboxylic acids is 1. The highest BCUT2D eigenvalue weighted by atomic mass is 19.2. The molecule has 0 saturated heterocycles. The number of aromatic nitrogens is 5. The van der Waals surface area contributed by atoms with Gasteiger partial charge in [-0.15, -0.1) is 10.2 Å². The van der Waals surface area contributed by atoms with Crippen molar-refractivity contribution in [2.24, 2.45) is 0 Å². The third-order valence-electron chi connectivity index (χ3n) is 4.78. The van der Waals surface area contributed by atoms with Crippen molar-refractivity contribution >= 4 is 17.2 Å². The molecular weight excluding hydrogens is 414 g/mol. The van der Waals surface area contributed by atoms with Gasteiger partial charge in [-0.05, 0) is 54.6 Å².